The molecule has 0 aromatic heterocycles. The first-order chi connectivity index (χ1) is 20.5. The molecule has 5 rings (SSSR count). The molecule has 13 heteroatoms. The Morgan fingerprint density at radius 3 is 2.34 bits per heavy atom. The average Bonchev–Trinajstić information content (AvgIpc) is 3.72. The lowest BCUT2D eigenvalue weighted by atomic mass is 9.52. The second kappa shape index (κ2) is 11.3. The number of carbonyl (C=O) groups excluding carboxylic acids is 5. The summed E-state index contributed by atoms with van der Waals surface area (Å²) in [4.78, 5) is 69.8. The van der Waals surface area contributed by atoms with E-state index in [1.54, 1.807) is 0 Å². The maximum absolute atomic E-state index is 14.8. The van der Waals surface area contributed by atoms with Crippen molar-refractivity contribution in [2.24, 2.45) is 35.3 Å². The summed E-state index contributed by atoms with van der Waals surface area (Å²) in [7, 11) is 2.87. The quantitative estimate of drug-likeness (QED) is 0.350. The molecule has 3 saturated carbocycles. The molecule has 4 N–H and O–H groups in total. The van der Waals surface area contributed by atoms with Gasteiger partial charge in [-0.25, -0.2) is 0 Å². The van der Waals surface area contributed by atoms with Crippen LogP contribution in [0.4, 0.5) is 13.2 Å². The van der Waals surface area contributed by atoms with Gasteiger partial charge >= 0.3 is 6.18 Å². The van der Waals surface area contributed by atoms with E-state index < -0.39 is 99.4 Å². The Morgan fingerprint density at radius 1 is 1.14 bits per heavy atom. The maximum Gasteiger partial charge on any atom is 0.417 e. The summed E-state index contributed by atoms with van der Waals surface area (Å²) in [6.07, 6.45) is -2.03. The topological polar surface area (TPSA) is 158 Å². The van der Waals surface area contributed by atoms with Crippen LogP contribution in [0.2, 0.25) is 0 Å². The standard InChI is InChI=1S/C31H38F3N3O7/c1-4-5-8-37(12-14-6-7-14)13-16-11-19(38)21-17(23(16)31(32,33)34)9-15-10-18-24(36(2)3)26(40)22(29(35)43)28(42)30(18,44)27(41)20(15)25(21)39/h11,14-15,18,20,22,24,38,44H,4-10,12-13H2,1-3H3,(H2,35,43)/t15-,18-,20?,22?,24-,30-/m0/s1. The number of aromatic hydroxyl groups is 1. The third-order valence-corrected chi connectivity index (χ3v) is 9.86. The number of ketones is 4. The normalized spacial score (nSPS) is 30.4. The largest absolute Gasteiger partial charge is 0.507 e. The summed E-state index contributed by atoms with van der Waals surface area (Å²) in [5.74, 6) is -12.9. The van der Waals surface area contributed by atoms with Crippen molar-refractivity contribution >= 4 is 29.0 Å². The number of nitrogens with two attached hydrogens (primary N) is 1. The van der Waals surface area contributed by atoms with Crippen LogP contribution in [0.5, 0.6) is 5.75 Å². The fraction of sp³-hybridized carbons (Fsp3) is 0.645. The van der Waals surface area contributed by atoms with Crippen molar-refractivity contribution in [2.75, 3.05) is 27.2 Å². The minimum absolute atomic E-state index is 0.0873. The van der Waals surface area contributed by atoms with E-state index in [1.165, 1.54) is 19.0 Å². The summed E-state index contributed by atoms with van der Waals surface area (Å²) in [6.45, 7) is 3.09. The number of nitrogens with zero attached hydrogens (tertiary/aromatic N) is 2. The minimum atomic E-state index is -4.90. The van der Waals surface area contributed by atoms with Crippen LogP contribution in [0.3, 0.4) is 0 Å². The van der Waals surface area contributed by atoms with Crippen molar-refractivity contribution in [2.45, 2.75) is 69.8 Å². The number of amides is 1. The van der Waals surface area contributed by atoms with E-state index in [1.807, 2.05) is 11.8 Å². The molecule has 44 heavy (non-hydrogen) atoms. The number of benzene rings is 1. The van der Waals surface area contributed by atoms with Gasteiger partial charge in [0, 0.05) is 19.0 Å². The Balaban J connectivity index is 1.61. The first-order valence-electron chi connectivity index (χ1n) is 15.1. The van der Waals surface area contributed by atoms with Gasteiger partial charge in [-0.1, -0.05) is 13.3 Å². The summed E-state index contributed by atoms with van der Waals surface area (Å²) >= 11 is 0. The molecule has 6 atom stereocenters. The van der Waals surface area contributed by atoms with E-state index in [4.69, 9.17) is 5.73 Å². The van der Waals surface area contributed by atoms with Crippen LogP contribution in [0.25, 0.3) is 0 Å². The van der Waals surface area contributed by atoms with Gasteiger partial charge in [-0.2, -0.15) is 13.2 Å². The second-order valence-corrected chi connectivity index (χ2v) is 13.1. The van der Waals surface area contributed by atoms with Gasteiger partial charge in [0.25, 0.3) is 0 Å². The number of Topliss-reactive ketones (excluding diaryl/α,β-unsaturated/α-hetero) is 4. The fourth-order valence-corrected chi connectivity index (χ4v) is 7.75. The van der Waals surface area contributed by atoms with Crippen LogP contribution in [-0.4, -0.2) is 87.9 Å². The molecular weight excluding hydrogens is 583 g/mol. The van der Waals surface area contributed by atoms with Gasteiger partial charge in [0.2, 0.25) is 5.91 Å². The predicted octanol–water partition coefficient (Wildman–Crippen LogP) is 1.90. The number of likely N-dealkylation sites (N-methyl/N-ethyl adjacent to an activating group) is 1. The van der Waals surface area contributed by atoms with Crippen LogP contribution in [0.1, 0.15) is 66.1 Å². The van der Waals surface area contributed by atoms with Crippen LogP contribution in [0, 0.1) is 29.6 Å². The van der Waals surface area contributed by atoms with Gasteiger partial charge in [0.15, 0.2) is 34.7 Å². The van der Waals surface area contributed by atoms with Gasteiger partial charge in [0.1, 0.15) is 5.75 Å². The predicted molar refractivity (Wildman–Crippen MR) is 149 cm³/mol. The molecule has 0 spiro atoms. The van der Waals surface area contributed by atoms with Crippen molar-refractivity contribution in [1.82, 2.24) is 9.80 Å². The number of rotatable bonds is 9. The SMILES string of the molecule is CCCCN(Cc1cc(O)c2c(c1C(F)(F)F)C[C@H]1C[C@H]3[C@H](N(C)C)C(=O)C(C(N)=O)C(=O)[C@@]3(O)C(=O)C1C2=O)CC1CC1. The van der Waals surface area contributed by atoms with Gasteiger partial charge in [-0.15, -0.1) is 0 Å². The highest BCUT2D eigenvalue weighted by molar-refractivity contribution is 6.32. The summed E-state index contributed by atoms with van der Waals surface area (Å²) < 4.78 is 44.5. The van der Waals surface area contributed by atoms with E-state index in [2.05, 4.69) is 0 Å². The molecule has 10 nitrogen and oxygen atoms in total. The fourth-order valence-electron chi connectivity index (χ4n) is 7.75. The average molecular weight is 622 g/mol. The molecule has 1 aromatic carbocycles. The van der Waals surface area contributed by atoms with Crippen molar-refractivity contribution < 1.29 is 47.4 Å². The lowest BCUT2D eigenvalue weighted by molar-refractivity contribution is -0.181. The van der Waals surface area contributed by atoms with E-state index >= 15 is 0 Å². The summed E-state index contributed by atoms with van der Waals surface area (Å²) in [5.41, 5.74) is 0.0794. The van der Waals surface area contributed by atoms with Crippen molar-refractivity contribution in [3.8, 4) is 5.75 Å². The van der Waals surface area contributed by atoms with Crippen molar-refractivity contribution in [3.05, 3.63) is 28.3 Å². The molecule has 4 aliphatic rings. The highest BCUT2D eigenvalue weighted by Gasteiger charge is 2.69. The number of primary amides is 1. The first-order valence-corrected chi connectivity index (χ1v) is 15.1. The summed E-state index contributed by atoms with van der Waals surface area (Å²) in [5, 5.41) is 22.7. The number of hydrogen-bond donors (Lipinski definition) is 3. The Morgan fingerprint density at radius 2 is 1.80 bits per heavy atom. The van der Waals surface area contributed by atoms with Gasteiger partial charge in [0.05, 0.1) is 23.1 Å². The number of carbonyl (C=O) groups is 5. The third-order valence-electron chi connectivity index (χ3n) is 9.86. The Hall–Kier alpha value is -3.16. The number of aliphatic hydroxyl groups is 1. The molecule has 4 aliphatic carbocycles. The molecule has 1 aromatic rings. The molecule has 0 bridgehead atoms. The number of phenolic OH excluding ortho intramolecular Hbond substituents is 1. The number of fused-ring (bicyclic) bond motifs is 3. The van der Waals surface area contributed by atoms with E-state index in [0.29, 0.717) is 19.0 Å². The minimum Gasteiger partial charge on any atom is -0.507 e. The van der Waals surface area contributed by atoms with Crippen LogP contribution < -0.4 is 5.73 Å². The molecular formula is C31H38F3N3O7. The van der Waals surface area contributed by atoms with Crippen LogP contribution >= 0.6 is 0 Å². The molecule has 0 aliphatic heterocycles. The number of alkyl halides is 3. The maximum atomic E-state index is 14.8. The van der Waals surface area contributed by atoms with Gasteiger partial charge in [-0.05, 0) is 81.8 Å². The number of unbranched alkanes of at least 4 members (excludes halogenated alkanes) is 1. The lowest BCUT2D eigenvalue weighted by Crippen LogP contribution is -2.74. The van der Waals surface area contributed by atoms with E-state index in [9.17, 15) is 47.4 Å². The molecule has 240 valence electrons. The first kappa shape index (κ1) is 32.2. The zero-order valence-electron chi connectivity index (χ0n) is 24.9. The molecule has 3 fully saturated rings. The van der Waals surface area contributed by atoms with E-state index in [0.717, 1.165) is 31.7 Å². The lowest BCUT2D eigenvalue weighted by Gasteiger charge is -2.52. The zero-order valence-corrected chi connectivity index (χ0v) is 24.9. The van der Waals surface area contributed by atoms with Gasteiger partial charge < -0.3 is 15.9 Å². The monoisotopic (exact) mass is 621 g/mol. The Kier molecular flexibility index (Phi) is 8.30. The van der Waals surface area contributed by atoms with Crippen molar-refractivity contribution in [1.29, 1.82) is 0 Å². The zero-order chi connectivity index (χ0) is 32.5. The van der Waals surface area contributed by atoms with Crippen LogP contribution in [0.15, 0.2) is 6.07 Å². The third kappa shape index (κ3) is 5.16. The number of phenols is 1. The Bertz CT molecular complexity index is 1420. The van der Waals surface area contributed by atoms with E-state index in [-0.39, 0.29) is 18.5 Å². The molecule has 0 saturated heterocycles. The van der Waals surface area contributed by atoms with Crippen molar-refractivity contribution in [3.63, 3.8) is 0 Å². The number of halogens is 3. The second-order valence-electron chi connectivity index (χ2n) is 13.1. The molecule has 0 heterocycles. The molecule has 2 unspecified atom stereocenters. The highest BCUT2D eigenvalue weighted by atomic mass is 19.4. The Labute approximate surface area is 252 Å². The van der Waals surface area contributed by atoms with Crippen LogP contribution in [-0.2, 0) is 38.3 Å². The smallest absolute Gasteiger partial charge is 0.417 e. The number of hydrogen-bond acceptors (Lipinski definition) is 9. The molecule has 1 amide bonds. The summed E-state index contributed by atoms with van der Waals surface area (Å²) in [6, 6.07) is -0.403. The van der Waals surface area contributed by atoms with Gasteiger partial charge in [-0.3, -0.25) is 33.8 Å². The highest BCUT2D eigenvalue weighted by Crippen LogP contribution is 2.53. The molecule has 0 radical (unpaired) electrons.